The first-order valence-corrected chi connectivity index (χ1v) is 5.33. The molecule has 1 saturated heterocycles. The number of aliphatic hydroxyl groups excluding tert-OH is 4. The van der Waals surface area contributed by atoms with Crippen molar-refractivity contribution >= 4 is 5.97 Å². The molecule has 1 aliphatic heterocycles. The molecule has 1 fully saturated rings. The maximum absolute atomic E-state index is 11.2. The monoisotopic (exact) mass is 267 g/mol. The van der Waals surface area contributed by atoms with Crippen molar-refractivity contribution in [3.05, 3.63) is 0 Å². The van der Waals surface area contributed by atoms with Crippen molar-refractivity contribution in [3.63, 3.8) is 0 Å². The van der Waals surface area contributed by atoms with Crippen molar-refractivity contribution in [2.75, 3.05) is 6.61 Å². The first kappa shape index (κ1) is 15.2. The molecular weight excluding hydrogens is 250 g/mol. The predicted octanol–water partition coefficient (Wildman–Crippen LogP) is -3.39. The molecule has 6 atom stereocenters. The fourth-order valence-electron chi connectivity index (χ4n) is 1.61. The van der Waals surface area contributed by atoms with Crippen LogP contribution in [0.15, 0.2) is 0 Å². The molecule has 0 amide bonds. The Morgan fingerprint density at radius 1 is 1.39 bits per heavy atom. The highest BCUT2D eigenvalue weighted by Gasteiger charge is 2.49. The van der Waals surface area contributed by atoms with Crippen LogP contribution in [0, 0.1) is 0 Å². The third-order valence-electron chi connectivity index (χ3n) is 2.58. The fraction of sp³-hybridized carbons (Fsp3) is 0.889. The quantitative estimate of drug-likeness (QED) is 0.253. The highest BCUT2D eigenvalue weighted by molar-refractivity contribution is 5.75. The van der Waals surface area contributed by atoms with Gasteiger partial charge in [-0.05, 0) is 6.92 Å². The second-order valence-electron chi connectivity index (χ2n) is 3.77. The highest BCUT2D eigenvalue weighted by atomic mass is 16.8. The van der Waals surface area contributed by atoms with Gasteiger partial charge in [0.2, 0.25) is 6.29 Å². The summed E-state index contributed by atoms with van der Waals surface area (Å²) >= 11 is 0. The molecule has 18 heavy (non-hydrogen) atoms. The van der Waals surface area contributed by atoms with Crippen molar-refractivity contribution < 1.29 is 39.5 Å². The van der Waals surface area contributed by atoms with Crippen LogP contribution in [0.4, 0.5) is 0 Å². The first-order valence-electron chi connectivity index (χ1n) is 5.33. The van der Waals surface area contributed by atoms with E-state index in [1.54, 1.807) is 0 Å². The molecule has 1 aliphatic rings. The summed E-state index contributed by atoms with van der Waals surface area (Å²) in [4.78, 5) is 15.4. The average Bonchev–Trinajstić information content (AvgIpc) is 2.64. The van der Waals surface area contributed by atoms with Crippen molar-refractivity contribution in [2.24, 2.45) is 5.90 Å². The van der Waals surface area contributed by atoms with E-state index in [1.165, 1.54) is 6.92 Å². The molecule has 1 rings (SSSR count). The second kappa shape index (κ2) is 6.38. The van der Waals surface area contributed by atoms with Crippen LogP contribution in [0.1, 0.15) is 6.92 Å². The predicted molar refractivity (Wildman–Crippen MR) is 54.6 cm³/mol. The molecule has 0 aromatic heterocycles. The largest absolute Gasteiger partial charge is 0.464 e. The van der Waals surface area contributed by atoms with Crippen LogP contribution >= 0.6 is 0 Å². The lowest BCUT2D eigenvalue weighted by atomic mass is 10.0. The molecule has 106 valence electrons. The average molecular weight is 267 g/mol. The Hall–Kier alpha value is -0.810. The normalized spacial score (nSPS) is 35.2. The lowest BCUT2D eigenvalue weighted by Gasteiger charge is -2.23. The molecule has 9 nitrogen and oxygen atoms in total. The van der Waals surface area contributed by atoms with Gasteiger partial charge in [-0.15, -0.1) is 0 Å². The molecule has 6 N–H and O–H groups in total. The molecular formula is C9H17NO8. The number of carbonyl (C=O) groups excluding carboxylic acids is 1. The van der Waals surface area contributed by atoms with E-state index in [0.717, 1.165) is 0 Å². The zero-order chi connectivity index (χ0) is 13.9. The number of nitrogens with two attached hydrogens (primary N) is 1. The molecule has 1 unspecified atom stereocenters. The Bertz CT molecular complexity index is 288. The van der Waals surface area contributed by atoms with E-state index in [0.29, 0.717) is 0 Å². The van der Waals surface area contributed by atoms with Crippen molar-refractivity contribution in [1.29, 1.82) is 0 Å². The molecule has 0 radical (unpaired) electrons. The Balaban J connectivity index is 2.67. The van der Waals surface area contributed by atoms with Gasteiger partial charge in [-0.1, -0.05) is 0 Å². The molecule has 9 heteroatoms. The third-order valence-corrected chi connectivity index (χ3v) is 2.58. The van der Waals surface area contributed by atoms with Crippen LogP contribution in [0.5, 0.6) is 0 Å². The summed E-state index contributed by atoms with van der Waals surface area (Å²) in [5.41, 5.74) is 0. The van der Waals surface area contributed by atoms with Crippen LogP contribution < -0.4 is 5.90 Å². The van der Waals surface area contributed by atoms with Gasteiger partial charge >= 0.3 is 5.97 Å². The second-order valence-corrected chi connectivity index (χ2v) is 3.77. The van der Waals surface area contributed by atoms with Crippen molar-refractivity contribution in [3.8, 4) is 0 Å². The lowest BCUT2D eigenvalue weighted by Crippen LogP contribution is -2.48. The minimum absolute atomic E-state index is 0.0217. The molecule has 0 aromatic rings. The SMILES string of the molecule is CCOC(=O)C(O)[C@H](O)[C@H]1O[C@H](ON)[C@@H](O)[C@H]1O. The standard InChI is InChI=1S/C9H17NO8/c1-2-16-8(15)5(13)3(11)7-4(12)6(14)9(17-7)18-10/h3-7,9,11-14H,2,10H2,1H3/t3-,4+,5?,6-,7+,9+/m0/s1. The van der Waals surface area contributed by atoms with Crippen LogP contribution in [0.2, 0.25) is 0 Å². The Kier molecular flexibility index (Phi) is 5.41. The zero-order valence-corrected chi connectivity index (χ0v) is 9.67. The van der Waals surface area contributed by atoms with E-state index in [2.05, 4.69) is 9.57 Å². The van der Waals surface area contributed by atoms with Gasteiger partial charge in [-0.2, -0.15) is 0 Å². The highest BCUT2D eigenvalue weighted by Crippen LogP contribution is 2.25. The van der Waals surface area contributed by atoms with Crippen LogP contribution in [0.3, 0.4) is 0 Å². The molecule has 1 heterocycles. The molecule has 0 saturated carbocycles. The van der Waals surface area contributed by atoms with E-state index in [9.17, 15) is 25.2 Å². The van der Waals surface area contributed by atoms with E-state index >= 15 is 0 Å². The number of carbonyl (C=O) groups is 1. The maximum atomic E-state index is 11.2. The Morgan fingerprint density at radius 2 is 2.00 bits per heavy atom. The van der Waals surface area contributed by atoms with Gasteiger partial charge in [0, 0.05) is 0 Å². The van der Waals surface area contributed by atoms with Gasteiger partial charge in [0.05, 0.1) is 6.61 Å². The molecule has 0 spiro atoms. The number of aliphatic hydroxyl groups is 4. The molecule has 0 aliphatic carbocycles. The lowest BCUT2D eigenvalue weighted by molar-refractivity contribution is -0.195. The summed E-state index contributed by atoms with van der Waals surface area (Å²) in [6.07, 6.45) is -9.52. The van der Waals surface area contributed by atoms with Crippen LogP contribution in [0.25, 0.3) is 0 Å². The Labute approximate surface area is 103 Å². The summed E-state index contributed by atoms with van der Waals surface area (Å²) in [5, 5.41) is 38.1. The minimum atomic E-state index is -1.91. The van der Waals surface area contributed by atoms with Gasteiger partial charge in [-0.3, -0.25) is 4.84 Å². The summed E-state index contributed by atoms with van der Waals surface area (Å²) < 4.78 is 9.38. The van der Waals surface area contributed by atoms with E-state index in [1.807, 2.05) is 0 Å². The van der Waals surface area contributed by atoms with Gasteiger partial charge in [0.15, 0.2) is 6.10 Å². The number of esters is 1. The summed E-state index contributed by atoms with van der Waals surface area (Å²) in [6, 6.07) is 0. The van der Waals surface area contributed by atoms with Crippen molar-refractivity contribution in [1.82, 2.24) is 0 Å². The number of hydrogen-bond acceptors (Lipinski definition) is 9. The topological polar surface area (TPSA) is 152 Å². The van der Waals surface area contributed by atoms with Crippen LogP contribution in [-0.2, 0) is 19.1 Å². The van der Waals surface area contributed by atoms with E-state index in [-0.39, 0.29) is 6.61 Å². The van der Waals surface area contributed by atoms with E-state index < -0.39 is 42.8 Å². The minimum Gasteiger partial charge on any atom is -0.464 e. The van der Waals surface area contributed by atoms with E-state index in [4.69, 9.17) is 10.6 Å². The first-order chi connectivity index (χ1) is 8.43. The Morgan fingerprint density at radius 3 is 2.44 bits per heavy atom. The summed E-state index contributed by atoms with van der Waals surface area (Å²) in [6.45, 7) is 1.55. The molecule has 0 aromatic carbocycles. The van der Waals surface area contributed by atoms with Gasteiger partial charge < -0.3 is 29.9 Å². The molecule has 0 bridgehead atoms. The van der Waals surface area contributed by atoms with Crippen LogP contribution in [-0.4, -0.2) is 69.8 Å². The smallest absolute Gasteiger partial charge is 0.337 e. The van der Waals surface area contributed by atoms with Gasteiger partial charge in [0.25, 0.3) is 0 Å². The van der Waals surface area contributed by atoms with Gasteiger partial charge in [0.1, 0.15) is 24.4 Å². The summed E-state index contributed by atoms with van der Waals surface area (Å²) in [7, 11) is 0. The zero-order valence-electron chi connectivity index (χ0n) is 9.67. The number of hydrogen-bond donors (Lipinski definition) is 5. The number of rotatable bonds is 5. The fourth-order valence-corrected chi connectivity index (χ4v) is 1.61. The summed E-state index contributed by atoms with van der Waals surface area (Å²) in [5.74, 6) is 3.74. The number of ether oxygens (including phenoxy) is 2. The maximum Gasteiger partial charge on any atom is 0.337 e. The third kappa shape index (κ3) is 2.95. The van der Waals surface area contributed by atoms with Crippen molar-refractivity contribution in [2.45, 2.75) is 43.7 Å². The van der Waals surface area contributed by atoms with Gasteiger partial charge in [-0.25, -0.2) is 10.7 Å².